The first-order valence-electron chi connectivity index (χ1n) is 11.8. The minimum absolute atomic E-state index is 0.0164. The van der Waals surface area contributed by atoms with Crippen LogP contribution in [-0.2, 0) is 20.8 Å². The zero-order valence-corrected chi connectivity index (χ0v) is 21.0. The van der Waals surface area contributed by atoms with Crippen LogP contribution in [0.4, 0.5) is 5.13 Å². The standard InChI is InChI=1S/C24H34N4O4S/c1-23(2,3)28-13-15(10-18(28)30)21(32)27-8-6-14(7-9-27)20(31)26-22-25-16-11-24(4,5)12-17(29)19(16)33-22/h14-15H,6-13H2,1-5H3,(H,25,26,31). The van der Waals surface area contributed by atoms with Crippen LogP contribution in [0.3, 0.4) is 0 Å². The molecule has 0 radical (unpaired) electrons. The molecule has 1 unspecified atom stereocenters. The average Bonchev–Trinajstić information content (AvgIpc) is 3.29. The molecule has 1 aromatic heterocycles. The number of hydrogen-bond acceptors (Lipinski definition) is 6. The third-order valence-corrected chi connectivity index (χ3v) is 7.98. The first kappa shape index (κ1) is 23.9. The highest BCUT2D eigenvalue weighted by Crippen LogP contribution is 2.38. The number of Topliss-reactive ketones (excluding diaryl/α,β-unsaturated/α-hetero) is 1. The third-order valence-electron chi connectivity index (χ3n) is 6.93. The number of nitrogens with zero attached hydrogens (tertiary/aromatic N) is 3. The second-order valence-electron chi connectivity index (χ2n) is 11.4. The van der Waals surface area contributed by atoms with Gasteiger partial charge in [0.15, 0.2) is 10.9 Å². The topological polar surface area (TPSA) is 99.7 Å². The van der Waals surface area contributed by atoms with Crippen LogP contribution >= 0.6 is 11.3 Å². The monoisotopic (exact) mass is 474 g/mol. The Morgan fingerprint density at radius 2 is 1.76 bits per heavy atom. The van der Waals surface area contributed by atoms with E-state index in [1.165, 1.54) is 11.3 Å². The van der Waals surface area contributed by atoms with Gasteiger partial charge in [-0.05, 0) is 45.4 Å². The number of ketones is 1. The van der Waals surface area contributed by atoms with E-state index in [1.54, 1.807) is 9.80 Å². The average molecular weight is 475 g/mol. The molecule has 3 heterocycles. The van der Waals surface area contributed by atoms with Crippen LogP contribution in [0.2, 0.25) is 0 Å². The lowest BCUT2D eigenvalue weighted by Crippen LogP contribution is -2.46. The van der Waals surface area contributed by atoms with Crippen molar-refractivity contribution in [2.24, 2.45) is 17.3 Å². The number of hydrogen-bond donors (Lipinski definition) is 1. The highest BCUT2D eigenvalue weighted by Gasteiger charge is 2.42. The number of piperidine rings is 1. The number of fused-ring (bicyclic) bond motifs is 1. The van der Waals surface area contributed by atoms with Gasteiger partial charge in [-0.2, -0.15) is 0 Å². The first-order valence-corrected chi connectivity index (χ1v) is 12.6. The van der Waals surface area contributed by atoms with Crippen molar-refractivity contribution >= 4 is 40.0 Å². The number of thiazole rings is 1. The number of anilines is 1. The quantitative estimate of drug-likeness (QED) is 0.726. The molecule has 33 heavy (non-hydrogen) atoms. The van der Waals surface area contributed by atoms with Gasteiger partial charge < -0.3 is 15.1 Å². The van der Waals surface area contributed by atoms with Crippen molar-refractivity contribution < 1.29 is 19.2 Å². The Morgan fingerprint density at radius 3 is 2.36 bits per heavy atom. The normalized spacial score (nSPS) is 23.6. The van der Waals surface area contributed by atoms with Gasteiger partial charge in [0.2, 0.25) is 17.7 Å². The van der Waals surface area contributed by atoms with Crippen molar-refractivity contribution in [3.8, 4) is 0 Å². The molecule has 1 N–H and O–H groups in total. The minimum Gasteiger partial charge on any atom is -0.342 e. The largest absolute Gasteiger partial charge is 0.342 e. The molecular weight excluding hydrogens is 440 g/mol. The molecule has 0 spiro atoms. The number of rotatable bonds is 3. The molecule has 0 aromatic carbocycles. The van der Waals surface area contributed by atoms with Crippen molar-refractivity contribution in [2.45, 2.75) is 72.3 Å². The number of carbonyl (C=O) groups excluding carboxylic acids is 4. The molecule has 0 saturated carbocycles. The Morgan fingerprint density at radius 1 is 1.09 bits per heavy atom. The summed E-state index contributed by atoms with van der Waals surface area (Å²) in [6, 6.07) is 0. The number of aromatic nitrogens is 1. The highest BCUT2D eigenvalue weighted by molar-refractivity contribution is 7.17. The molecule has 1 atom stereocenters. The van der Waals surface area contributed by atoms with Crippen molar-refractivity contribution in [3.05, 3.63) is 10.6 Å². The second kappa shape index (κ2) is 8.49. The van der Waals surface area contributed by atoms with Gasteiger partial charge in [0.05, 0.1) is 16.5 Å². The molecule has 0 bridgehead atoms. The first-order chi connectivity index (χ1) is 15.3. The molecule has 3 amide bonds. The predicted molar refractivity (Wildman–Crippen MR) is 126 cm³/mol. The van der Waals surface area contributed by atoms with E-state index in [9.17, 15) is 19.2 Å². The van der Waals surface area contributed by atoms with Gasteiger partial charge in [0.1, 0.15) is 0 Å². The van der Waals surface area contributed by atoms with Gasteiger partial charge >= 0.3 is 0 Å². The maximum Gasteiger partial charge on any atom is 0.229 e. The van der Waals surface area contributed by atoms with Gasteiger partial charge in [0.25, 0.3) is 0 Å². The predicted octanol–water partition coefficient (Wildman–Crippen LogP) is 3.12. The lowest BCUT2D eigenvalue weighted by molar-refractivity contribution is -0.138. The van der Waals surface area contributed by atoms with E-state index in [0.29, 0.717) is 48.9 Å². The highest BCUT2D eigenvalue weighted by atomic mass is 32.1. The molecule has 180 valence electrons. The van der Waals surface area contributed by atoms with Gasteiger partial charge in [-0.15, -0.1) is 0 Å². The van der Waals surface area contributed by atoms with Crippen LogP contribution in [0.25, 0.3) is 0 Å². The minimum atomic E-state index is -0.300. The van der Waals surface area contributed by atoms with Gasteiger partial charge in [-0.3, -0.25) is 19.2 Å². The Bertz CT molecular complexity index is 985. The zero-order valence-electron chi connectivity index (χ0n) is 20.2. The Hall–Kier alpha value is -2.29. The van der Waals surface area contributed by atoms with Gasteiger partial charge in [-0.1, -0.05) is 25.2 Å². The maximum absolute atomic E-state index is 13.0. The molecule has 2 saturated heterocycles. The summed E-state index contributed by atoms with van der Waals surface area (Å²) in [5, 5.41) is 3.39. The molecule has 1 aliphatic carbocycles. The lowest BCUT2D eigenvalue weighted by atomic mass is 9.78. The van der Waals surface area contributed by atoms with Crippen LogP contribution < -0.4 is 5.32 Å². The van der Waals surface area contributed by atoms with E-state index >= 15 is 0 Å². The molecular formula is C24H34N4O4S. The van der Waals surface area contributed by atoms with Crippen LogP contribution in [0.1, 0.15) is 75.7 Å². The third kappa shape index (κ3) is 4.98. The summed E-state index contributed by atoms with van der Waals surface area (Å²) in [5.74, 6) is -0.453. The van der Waals surface area contributed by atoms with Crippen LogP contribution in [0.15, 0.2) is 0 Å². The summed E-state index contributed by atoms with van der Waals surface area (Å²) >= 11 is 1.27. The second-order valence-corrected chi connectivity index (χ2v) is 12.4. The fraction of sp³-hybridized carbons (Fsp3) is 0.708. The molecule has 4 rings (SSSR count). The Labute approximate surface area is 199 Å². The van der Waals surface area contributed by atoms with Gasteiger partial charge in [0, 0.05) is 43.9 Å². The molecule has 2 aliphatic heterocycles. The smallest absolute Gasteiger partial charge is 0.229 e. The van der Waals surface area contributed by atoms with Crippen molar-refractivity contribution in [1.82, 2.24) is 14.8 Å². The van der Waals surface area contributed by atoms with Crippen LogP contribution in [0, 0.1) is 17.3 Å². The summed E-state index contributed by atoms with van der Waals surface area (Å²) in [7, 11) is 0. The molecule has 1 aromatic rings. The summed E-state index contributed by atoms with van der Waals surface area (Å²) in [5.41, 5.74) is 0.395. The van der Waals surface area contributed by atoms with Crippen LogP contribution in [0.5, 0.6) is 0 Å². The number of likely N-dealkylation sites (tertiary alicyclic amines) is 2. The fourth-order valence-corrected chi connectivity index (χ4v) is 6.04. The summed E-state index contributed by atoms with van der Waals surface area (Å²) < 4.78 is 0. The van der Waals surface area contributed by atoms with Crippen molar-refractivity contribution in [2.75, 3.05) is 25.0 Å². The SMILES string of the molecule is CC1(C)CC(=O)c2sc(NC(=O)C3CCN(C(=O)C4CC(=O)N(C(C)(C)C)C4)CC3)nc2C1. The zero-order chi connectivity index (χ0) is 24.1. The van der Waals surface area contributed by atoms with E-state index in [-0.39, 0.29) is 52.7 Å². The van der Waals surface area contributed by atoms with E-state index in [2.05, 4.69) is 24.1 Å². The maximum atomic E-state index is 13.0. The molecule has 3 aliphatic rings. The summed E-state index contributed by atoms with van der Waals surface area (Å²) in [6.45, 7) is 11.6. The van der Waals surface area contributed by atoms with E-state index in [4.69, 9.17) is 0 Å². The number of amides is 3. The van der Waals surface area contributed by atoms with Crippen LogP contribution in [-0.4, -0.2) is 63.5 Å². The van der Waals surface area contributed by atoms with Gasteiger partial charge in [-0.25, -0.2) is 4.98 Å². The Balaban J connectivity index is 1.31. The molecule has 9 heteroatoms. The summed E-state index contributed by atoms with van der Waals surface area (Å²) in [6.07, 6.45) is 2.66. The number of carbonyl (C=O) groups is 4. The summed E-state index contributed by atoms with van der Waals surface area (Å²) in [4.78, 5) is 59.3. The molecule has 2 fully saturated rings. The number of nitrogens with one attached hydrogen (secondary N) is 1. The lowest BCUT2D eigenvalue weighted by Gasteiger charge is -2.34. The fourth-order valence-electron chi connectivity index (χ4n) is 5.12. The molecule has 8 nitrogen and oxygen atoms in total. The van der Waals surface area contributed by atoms with Crippen molar-refractivity contribution in [1.29, 1.82) is 0 Å². The Kier molecular flexibility index (Phi) is 6.14. The van der Waals surface area contributed by atoms with E-state index in [0.717, 1.165) is 12.1 Å². The van der Waals surface area contributed by atoms with E-state index < -0.39 is 0 Å². The van der Waals surface area contributed by atoms with Crippen molar-refractivity contribution in [3.63, 3.8) is 0 Å². The van der Waals surface area contributed by atoms with E-state index in [1.807, 2.05) is 20.8 Å².